The first-order valence-electron chi connectivity index (χ1n) is 3.56. The Morgan fingerprint density at radius 1 is 1.27 bits per heavy atom. The highest BCUT2D eigenvalue weighted by Gasteiger charge is 1.91. The molecule has 11 heavy (non-hydrogen) atoms. The molecule has 0 aliphatic heterocycles. The summed E-state index contributed by atoms with van der Waals surface area (Å²) in [5.74, 6) is 0.119. The number of hydrogen-bond donors (Lipinski definition) is 0. The van der Waals surface area contributed by atoms with Crippen molar-refractivity contribution in [2.75, 3.05) is 14.1 Å². The molecule has 0 unspecified atom stereocenters. The van der Waals surface area contributed by atoms with E-state index in [9.17, 15) is 4.79 Å². The van der Waals surface area contributed by atoms with Crippen LogP contribution in [0.5, 0.6) is 0 Å². The number of carbonyl (C=O) groups is 1. The zero-order chi connectivity index (χ0) is 8.85. The summed E-state index contributed by atoms with van der Waals surface area (Å²) in [6.07, 6.45) is 5.56. The first-order chi connectivity index (χ1) is 5.04. The molecule has 0 radical (unpaired) electrons. The number of hydrogen-bond acceptors (Lipinski definition) is 2. The average Bonchev–Trinajstić information content (AvgIpc) is 1.86. The van der Waals surface area contributed by atoms with Gasteiger partial charge in [-0.05, 0) is 31.7 Å². The second kappa shape index (κ2) is 4.72. The molecule has 0 amide bonds. The van der Waals surface area contributed by atoms with Gasteiger partial charge in [0, 0.05) is 14.1 Å². The van der Waals surface area contributed by atoms with Crippen molar-refractivity contribution in [2.45, 2.75) is 13.8 Å². The number of ketones is 1. The minimum atomic E-state index is 0.119. The number of rotatable bonds is 3. The van der Waals surface area contributed by atoms with E-state index in [1.165, 1.54) is 0 Å². The van der Waals surface area contributed by atoms with Gasteiger partial charge < -0.3 is 4.90 Å². The average molecular weight is 153 g/mol. The predicted molar refractivity (Wildman–Crippen MR) is 47.3 cm³/mol. The Hall–Kier alpha value is -1.05. The van der Waals surface area contributed by atoms with E-state index in [0.717, 1.165) is 5.57 Å². The summed E-state index contributed by atoms with van der Waals surface area (Å²) < 4.78 is 0. The largest absolute Gasteiger partial charge is 0.383 e. The summed E-state index contributed by atoms with van der Waals surface area (Å²) in [5.41, 5.74) is 0.781. The third-order valence-electron chi connectivity index (χ3n) is 1.29. The van der Waals surface area contributed by atoms with Crippen LogP contribution in [0.1, 0.15) is 13.8 Å². The Bertz CT molecular complexity index is 190. The summed E-state index contributed by atoms with van der Waals surface area (Å²) in [6, 6.07) is 0. The number of nitrogens with zero attached hydrogens (tertiary/aromatic N) is 1. The van der Waals surface area contributed by atoms with Gasteiger partial charge in [0.05, 0.1) is 0 Å². The van der Waals surface area contributed by atoms with Gasteiger partial charge in [0.1, 0.15) is 0 Å². The van der Waals surface area contributed by atoms with Crippen molar-refractivity contribution < 1.29 is 4.79 Å². The lowest BCUT2D eigenvalue weighted by molar-refractivity contribution is -0.113. The minimum Gasteiger partial charge on any atom is -0.383 e. The van der Waals surface area contributed by atoms with Crippen molar-refractivity contribution in [2.24, 2.45) is 0 Å². The quantitative estimate of drug-likeness (QED) is 0.453. The third-order valence-corrected chi connectivity index (χ3v) is 1.29. The Labute approximate surface area is 68.2 Å². The van der Waals surface area contributed by atoms with E-state index in [1.54, 1.807) is 6.92 Å². The maximum Gasteiger partial charge on any atom is 0.155 e. The van der Waals surface area contributed by atoms with Gasteiger partial charge in [-0.25, -0.2) is 0 Å². The zero-order valence-electron chi connectivity index (χ0n) is 7.59. The van der Waals surface area contributed by atoms with Crippen molar-refractivity contribution in [1.82, 2.24) is 4.90 Å². The number of allylic oxidation sites excluding steroid dienone is 3. The molecule has 0 N–H and O–H groups in total. The molecule has 0 fully saturated rings. The van der Waals surface area contributed by atoms with Gasteiger partial charge in [0.15, 0.2) is 5.78 Å². The second-order valence-corrected chi connectivity index (χ2v) is 2.71. The van der Waals surface area contributed by atoms with Gasteiger partial charge in [0.25, 0.3) is 0 Å². The fourth-order valence-corrected chi connectivity index (χ4v) is 0.477. The predicted octanol–water partition coefficient (Wildman–Crippen LogP) is 1.60. The maximum absolute atomic E-state index is 10.7. The molecule has 0 spiro atoms. The van der Waals surface area contributed by atoms with Gasteiger partial charge in [-0.15, -0.1) is 0 Å². The molecule has 0 rings (SSSR count). The molecular formula is C9H15NO. The lowest BCUT2D eigenvalue weighted by Crippen LogP contribution is -1.99. The highest BCUT2D eigenvalue weighted by atomic mass is 16.1. The molecule has 2 heteroatoms. The SMILES string of the molecule is CC(=O)C(C)=CC=CN(C)C. The summed E-state index contributed by atoms with van der Waals surface area (Å²) >= 11 is 0. The van der Waals surface area contributed by atoms with Gasteiger partial charge in [-0.1, -0.05) is 6.08 Å². The lowest BCUT2D eigenvalue weighted by atomic mass is 10.2. The van der Waals surface area contributed by atoms with Crippen LogP contribution in [0.25, 0.3) is 0 Å². The van der Waals surface area contributed by atoms with Crippen molar-refractivity contribution in [3.05, 3.63) is 23.9 Å². The summed E-state index contributed by atoms with van der Waals surface area (Å²) in [6.45, 7) is 3.37. The number of carbonyl (C=O) groups excluding carboxylic acids is 1. The molecule has 62 valence electrons. The van der Waals surface area contributed by atoms with Crippen LogP contribution in [0.2, 0.25) is 0 Å². The summed E-state index contributed by atoms with van der Waals surface area (Å²) in [4.78, 5) is 12.6. The van der Waals surface area contributed by atoms with E-state index in [-0.39, 0.29) is 5.78 Å². The van der Waals surface area contributed by atoms with E-state index in [2.05, 4.69) is 0 Å². The number of Topliss-reactive ketones (excluding diaryl/α,β-unsaturated/α-hetero) is 1. The van der Waals surface area contributed by atoms with Gasteiger partial charge >= 0.3 is 0 Å². The summed E-state index contributed by atoms with van der Waals surface area (Å²) in [7, 11) is 3.88. The zero-order valence-corrected chi connectivity index (χ0v) is 7.59. The van der Waals surface area contributed by atoms with E-state index < -0.39 is 0 Å². The highest BCUT2D eigenvalue weighted by Crippen LogP contribution is 1.93. The maximum atomic E-state index is 10.7. The first-order valence-corrected chi connectivity index (χ1v) is 3.56. The van der Waals surface area contributed by atoms with Crippen LogP contribution >= 0.6 is 0 Å². The van der Waals surface area contributed by atoms with Crippen LogP contribution in [-0.2, 0) is 4.79 Å². The molecule has 0 aromatic heterocycles. The molecule has 0 aromatic rings. The molecule has 0 atom stereocenters. The molecule has 0 saturated heterocycles. The minimum absolute atomic E-state index is 0.119. The van der Waals surface area contributed by atoms with Crippen LogP contribution in [0.3, 0.4) is 0 Å². The molecule has 0 aliphatic rings. The van der Waals surface area contributed by atoms with E-state index in [4.69, 9.17) is 0 Å². The Kier molecular flexibility index (Phi) is 4.27. The standard InChI is InChI=1S/C9H15NO/c1-8(9(2)11)6-5-7-10(3)4/h5-7H,1-4H3. The Morgan fingerprint density at radius 3 is 2.18 bits per heavy atom. The molecule has 0 saturated carbocycles. The van der Waals surface area contributed by atoms with Gasteiger partial charge in [-0.2, -0.15) is 0 Å². The topological polar surface area (TPSA) is 20.3 Å². The van der Waals surface area contributed by atoms with Crippen LogP contribution in [0.4, 0.5) is 0 Å². The molecule has 0 aromatic carbocycles. The lowest BCUT2D eigenvalue weighted by Gasteiger charge is -2.01. The smallest absolute Gasteiger partial charge is 0.155 e. The molecule has 0 heterocycles. The molecule has 0 aliphatic carbocycles. The van der Waals surface area contributed by atoms with Crippen molar-refractivity contribution in [3.63, 3.8) is 0 Å². The highest BCUT2D eigenvalue weighted by molar-refractivity contribution is 5.92. The molecule has 0 bridgehead atoms. The van der Waals surface area contributed by atoms with Crippen LogP contribution < -0.4 is 0 Å². The monoisotopic (exact) mass is 153 g/mol. The van der Waals surface area contributed by atoms with E-state index in [0.29, 0.717) is 0 Å². The fourth-order valence-electron chi connectivity index (χ4n) is 0.477. The Balaban J connectivity index is 4.02. The molecular weight excluding hydrogens is 138 g/mol. The van der Waals surface area contributed by atoms with Crippen LogP contribution in [0, 0.1) is 0 Å². The summed E-state index contributed by atoms with van der Waals surface area (Å²) in [5, 5.41) is 0. The van der Waals surface area contributed by atoms with Crippen molar-refractivity contribution in [1.29, 1.82) is 0 Å². The van der Waals surface area contributed by atoms with Crippen LogP contribution in [0.15, 0.2) is 23.9 Å². The van der Waals surface area contributed by atoms with Gasteiger partial charge in [-0.3, -0.25) is 4.79 Å². The van der Waals surface area contributed by atoms with E-state index >= 15 is 0 Å². The van der Waals surface area contributed by atoms with Crippen LogP contribution in [-0.4, -0.2) is 24.8 Å². The molecule has 2 nitrogen and oxygen atoms in total. The Morgan fingerprint density at radius 2 is 1.82 bits per heavy atom. The van der Waals surface area contributed by atoms with E-state index in [1.807, 2.05) is 44.3 Å². The normalized spacial score (nSPS) is 12.2. The second-order valence-electron chi connectivity index (χ2n) is 2.71. The third kappa shape index (κ3) is 5.40. The first kappa shape index (κ1) is 9.95. The fraction of sp³-hybridized carbons (Fsp3) is 0.444. The van der Waals surface area contributed by atoms with Gasteiger partial charge in [0.2, 0.25) is 0 Å². The van der Waals surface area contributed by atoms with Crippen molar-refractivity contribution in [3.8, 4) is 0 Å². The van der Waals surface area contributed by atoms with Crippen molar-refractivity contribution >= 4 is 5.78 Å².